The van der Waals surface area contributed by atoms with Gasteiger partial charge in [0.15, 0.2) is 0 Å². The van der Waals surface area contributed by atoms with Gasteiger partial charge in [-0.05, 0) is 76.6 Å². The third-order valence-corrected chi connectivity index (χ3v) is 4.25. The zero-order valence-electron chi connectivity index (χ0n) is 18.1. The molecule has 0 bridgehead atoms. The fourth-order valence-corrected chi connectivity index (χ4v) is 2.89. The molecular formula is C23H29N3O4. The number of carbonyl (C=O) groups is 1. The molecule has 1 unspecified atom stereocenters. The molecule has 1 heterocycles. The molecule has 2 N–H and O–H groups in total. The average Bonchev–Trinajstić information content (AvgIpc) is 3.10. The number of nitrogens with zero attached hydrogens (tertiary/aromatic N) is 1. The molecule has 0 saturated carbocycles. The molecule has 0 spiro atoms. The van der Waals surface area contributed by atoms with E-state index in [-0.39, 0.29) is 6.04 Å². The van der Waals surface area contributed by atoms with Crippen LogP contribution in [-0.4, -0.2) is 28.3 Å². The van der Waals surface area contributed by atoms with Crippen molar-refractivity contribution in [3.63, 3.8) is 0 Å². The summed E-state index contributed by atoms with van der Waals surface area (Å²) >= 11 is 0. The number of H-pyrrole nitrogens is 1. The van der Waals surface area contributed by atoms with Gasteiger partial charge in [-0.15, -0.1) is 0 Å². The zero-order valence-corrected chi connectivity index (χ0v) is 18.1. The highest BCUT2D eigenvalue weighted by Crippen LogP contribution is 2.21. The predicted octanol–water partition coefficient (Wildman–Crippen LogP) is 5.13. The van der Waals surface area contributed by atoms with Gasteiger partial charge in [0.25, 0.3) is 0 Å². The van der Waals surface area contributed by atoms with Gasteiger partial charge in [-0.1, -0.05) is 6.07 Å². The summed E-state index contributed by atoms with van der Waals surface area (Å²) < 4.78 is 16.6. The molecule has 160 valence electrons. The van der Waals surface area contributed by atoms with Crippen molar-refractivity contribution >= 4 is 17.1 Å². The lowest BCUT2D eigenvalue weighted by Crippen LogP contribution is -2.34. The maximum Gasteiger partial charge on any atom is 0.408 e. The SMILES string of the molecule is CCOc1ccc(OCc2ccc3nc(C(C)NC(=O)OC(C)(C)C)[nH]c3c2)cc1. The summed E-state index contributed by atoms with van der Waals surface area (Å²) in [5.41, 5.74) is 2.18. The number of carbonyl (C=O) groups excluding carboxylic acids is 1. The van der Waals surface area contributed by atoms with E-state index in [4.69, 9.17) is 14.2 Å². The van der Waals surface area contributed by atoms with Crippen LogP contribution in [0.15, 0.2) is 42.5 Å². The van der Waals surface area contributed by atoms with E-state index in [1.54, 1.807) is 0 Å². The number of hydrogen-bond donors (Lipinski definition) is 2. The first kappa shape index (κ1) is 21.5. The molecule has 3 aromatic rings. The summed E-state index contributed by atoms with van der Waals surface area (Å²) in [7, 11) is 0. The molecule has 0 aliphatic heterocycles. The normalized spacial score (nSPS) is 12.4. The van der Waals surface area contributed by atoms with Crippen LogP contribution in [0.3, 0.4) is 0 Å². The van der Waals surface area contributed by atoms with Crippen molar-refractivity contribution in [3.05, 3.63) is 53.9 Å². The van der Waals surface area contributed by atoms with Crippen LogP contribution >= 0.6 is 0 Å². The van der Waals surface area contributed by atoms with Crippen LogP contribution in [0, 0.1) is 0 Å². The molecule has 0 aliphatic rings. The minimum Gasteiger partial charge on any atom is -0.494 e. The number of benzene rings is 2. The third-order valence-electron chi connectivity index (χ3n) is 4.25. The summed E-state index contributed by atoms with van der Waals surface area (Å²) in [5.74, 6) is 2.27. The first-order chi connectivity index (χ1) is 14.2. The first-order valence-electron chi connectivity index (χ1n) is 10.1. The minimum absolute atomic E-state index is 0.309. The van der Waals surface area contributed by atoms with Crippen LogP contribution in [0.25, 0.3) is 11.0 Å². The van der Waals surface area contributed by atoms with E-state index in [0.717, 1.165) is 28.1 Å². The highest BCUT2D eigenvalue weighted by atomic mass is 16.6. The zero-order chi connectivity index (χ0) is 21.7. The van der Waals surface area contributed by atoms with Crippen molar-refractivity contribution < 1.29 is 19.0 Å². The fraction of sp³-hybridized carbons (Fsp3) is 0.391. The lowest BCUT2D eigenvalue weighted by molar-refractivity contribution is 0.0506. The number of ether oxygens (including phenoxy) is 3. The Morgan fingerprint density at radius 1 is 1.10 bits per heavy atom. The first-order valence-corrected chi connectivity index (χ1v) is 10.1. The van der Waals surface area contributed by atoms with Crippen LogP contribution in [0.5, 0.6) is 11.5 Å². The van der Waals surface area contributed by atoms with E-state index in [1.807, 2.05) is 77.1 Å². The number of nitrogens with one attached hydrogen (secondary N) is 2. The smallest absolute Gasteiger partial charge is 0.408 e. The molecule has 1 atom stereocenters. The lowest BCUT2D eigenvalue weighted by atomic mass is 10.2. The highest BCUT2D eigenvalue weighted by molar-refractivity contribution is 5.76. The molecule has 3 rings (SSSR count). The fourth-order valence-electron chi connectivity index (χ4n) is 2.89. The summed E-state index contributed by atoms with van der Waals surface area (Å²) in [4.78, 5) is 19.8. The van der Waals surface area contributed by atoms with Crippen LogP contribution in [0.2, 0.25) is 0 Å². The molecule has 0 saturated heterocycles. The average molecular weight is 412 g/mol. The van der Waals surface area contributed by atoms with E-state index < -0.39 is 11.7 Å². The Bertz CT molecular complexity index is 990. The quantitative estimate of drug-likeness (QED) is 0.563. The third kappa shape index (κ3) is 5.89. The topological polar surface area (TPSA) is 85.5 Å². The number of amides is 1. The van der Waals surface area contributed by atoms with Gasteiger partial charge in [-0.25, -0.2) is 9.78 Å². The van der Waals surface area contributed by atoms with Crippen molar-refractivity contribution in [1.29, 1.82) is 0 Å². The van der Waals surface area contributed by atoms with Crippen molar-refractivity contribution in [1.82, 2.24) is 15.3 Å². The molecular weight excluding hydrogens is 382 g/mol. The van der Waals surface area contributed by atoms with E-state index >= 15 is 0 Å². The van der Waals surface area contributed by atoms with Crippen LogP contribution in [0.1, 0.15) is 52.0 Å². The molecule has 0 fully saturated rings. The summed E-state index contributed by atoms with van der Waals surface area (Å²) in [6.07, 6.45) is -0.472. The predicted molar refractivity (Wildman–Crippen MR) is 116 cm³/mol. The lowest BCUT2D eigenvalue weighted by Gasteiger charge is -2.21. The molecule has 1 amide bonds. The van der Waals surface area contributed by atoms with Crippen molar-refractivity contribution in [2.24, 2.45) is 0 Å². The van der Waals surface area contributed by atoms with Crippen molar-refractivity contribution in [2.45, 2.75) is 52.9 Å². The Hall–Kier alpha value is -3.22. The standard InChI is InChI=1S/C23H29N3O4/c1-6-28-17-8-10-18(11-9-17)29-14-16-7-12-19-20(13-16)26-21(25-19)15(2)24-22(27)30-23(3,4)5/h7-13,15H,6,14H2,1-5H3,(H,24,27)(H,25,26). The van der Waals surface area contributed by atoms with Gasteiger partial charge in [0.2, 0.25) is 0 Å². The second-order valence-electron chi connectivity index (χ2n) is 8.03. The Balaban J connectivity index is 1.63. The Kier molecular flexibility index (Phi) is 6.50. The Morgan fingerprint density at radius 2 is 1.77 bits per heavy atom. The molecule has 30 heavy (non-hydrogen) atoms. The maximum absolute atomic E-state index is 12.0. The van der Waals surface area contributed by atoms with Crippen LogP contribution in [-0.2, 0) is 11.3 Å². The summed E-state index contributed by atoms with van der Waals surface area (Å²) in [5, 5.41) is 2.80. The van der Waals surface area contributed by atoms with Gasteiger partial charge < -0.3 is 24.5 Å². The summed E-state index contributed by atoms with van der Waals surface area (Å²) in [6, 6.07) is 13.2. The number of aromatic nitrogens is 2. The highest BCUT2D eigenvalue weighted by Gasteiger charge is 2.19. The number of imidazole rings is 1. The number of fused-ring (bicyclic) bond motifs is 1. The maximum atomic E-state index is 12.0. The van der Waals surface area contributed by atoms with Gasteiger partial charge in [0.05, 0.1) is 23.7 Å². The summed E-state index contributed by atoms with van der Waals surface area (Å²) in [6.45, 7) is 10.4. The molecule has 2 aromatic carbocycles. The van der Waals surface area contributed by atoms with Crippen molar-refractivity contribution in [2.75, 3.05) is 6.61 Å². The molecule has 1 aromatic heterocycles. The molecule has 7 nitrogen and oxygen atoms in total. The number of alkyl carbamates (subject to hydrolysis) is 1. The van der Waals surface area contributed by atoms with Gasteiger partial charge >= 0.3 is 6.09 Å². The molecule has 0 radical (unpaired) electrons. The van der Waals surface area contributed by atoms with E-state index in [0.29, 0.717) is 19.0 Å². The number of hydrogen-bond acceptors (Lipinski definition) is 5. The number of aromatic amines is 1. The monoisotopic (exact) mass is 411 g/mol. The van der Waals surface area contributed by atoms with Gasteiger partial charge in [0, 0.05) is 0 Å². The van der Waals surface area contributed by atoms with Crippen LogP contribution in [0.4, 0.5) is 4.79 Å². The van der Waals surface area contributed by atoms with E-state index in [2.05, 4.69) is 15.3 Å². The largest absolute Gasteiger partial charge is 0.494 e. The second-order valence-corrected chi connectivity index (χ2v) is 8.03. The molecule has 7 heteroatoms. The Labute approximate surface area is 176 Å². The minimum atomic E-state index is -0.546. The van der Waals surface area contributed by atoms with Gasteiger partial charge in [-0.2, -0.15) is 0 Å². The molecule has 0 aliphatic carbocycles. The van der Waals surface area contributed by atoms with Gasteiger partial charge in [-0.3, -0.25) is 0 Å². The van der Waals surface area contributed by atoms with E-state index in [1.165, 1.54) is 0 Å². The number of rotatable bonds is 7. The van der Waals surface area contributed by atoms with Crippen molar-refractivity contribution in [3.8, 4) is 11.5 Å². The second kappa shape index (κ2) is 9.07. The van der Waals surface area contributed by atoms with E-state index in [9.17, 15) is 4.79 Å². The van der Waals surface area contributed by atoms with Gasteiger partial charge in [0.1, 0.15) is 29.5 Å². The van der Waals surface area contributed by atoms with Crippen LogP contribution < -0.4 is 14.8 Å². The Morgan fingerprint density at radius 3 is 2.40 bits per heavy atom.